The Labute approximate surface area is 192 Å². The van der Waals surface area contributed by atoms with Crippen molar-refractivity contribution in [2.75, 3.05) is 4.90 Å². The number of Topliss-reactive ketones (excluding diaryl/α,β-unsaturated/α-hetero) is 1. The van der Waals surface area contributed by atoms with Crippen molar-refractivity contribution >= 4 is 29.1 Å². The third-order valence-corrected chi connectivity index (χ3v) is 7.60. The number of hydrogen-bond acceptors (Lipinski definition) is 5. The van der Waals surface area contributed by atoms with Gasteiger partial charge in [-0.15, -0.1) is 11.6 Å². The van der Waals surface area contributed by atoms with Crippen LogP contribution in [0.25, 0.3) is 0 Å². The highest BCUT2D eigenvalue weighted by Gasteiger charge is 2.54. The molecule has 0 saturated heterocycles. The van der Waals surface area contributed by atoms with E-state index in [1.807, 2.05) is 24.3 Å². The number of carbonyl (C=O) groups is 2. The van der Waals surface area contributed by atoms with Crippen LogP contribution in [-0.2, 0) is 14.3 Å². The Hall–Kier alpha value is -2.60. The second-order valence-electron chi connectivity index (χ2n) is 9.53. The van der Waals surface area contributed by atoms with Crippen LogP contribution in [0.2, 0.25) is 0 Å². The lowest BCUT2D eigenvalue weighted by Gasteiger charge is -2.39. The number of ether oxygens (including phenoxy) is 1. The Morgan fingerprint density at radius 2 is 1.88 bits per heavy atom. The summed E-state index contributed by atoms with van der Waals surface area (Å²) >= 11 is 6.53. The van der Waals surface area contributed by atoms with Crippen LogP contribution in [0.15, 0.2) is 46.2 Å². The van der Waals surface area contributed by atoms with Gasteiger partial charge in [0.1, 0.15) is 11.9 Å². The van der Waals surface area contributed by atoms with E-state index in [0.717, 1.165) is 5.56 Å². The predicted molar refractivity (Wildman–Crippen MR) is 120 cm³/mol. The van der Waals surface area contributed by atoms with Crippen LogP contribution in [0, 0.1) is 18.8 Å². The monoisotopic (exact) mass is 454 g/mol. The number of nitrogens with zero attached hydrogens (tertiary/aromatic N) is 2. The molecule has 5 atom stereocenters. The zero-order valence-electron chi connectivity index (χ0n) is 18.7. The number of hydrogen-bond donors (Lipinski definition) is 0. The van der Waals surface area contributed by atoms with E-state index in [0.29, 0.717) is 35.9 Å². The van der Waals surface area contributed by atoms with Gasteiger partial charge in [0.15, 0.2) is 17.4 Å². The highest BCUT2D eigenvalue weighted by atomic mass is 35.5. The number of alkyl halides is 1. The van der Waals surface area contributed by atoms with Gasteiger partial charge in [0.2, 0.25) is 0 Å². The minimum Gasteiger partial charge on any atom is -0.483 e. The average molecular weight is 455 g/mol. The highest BCUT2D eigenvalue weighted by Crippen LogP contribution is 2.49. The number of aromatic nitrogens is 1. The number of ketones is 1. The van der Waals surface area contributed by atoms with E-state index in [2.05, 4.69) is 25.9 Å². The summed E-state index contributed by atoms with van der Waals surface area (Å²) < 4.78 is 11.5. The molecule has 6 nitrogen and oxygen atoms in total. The first-order valence-corrected chi connectivity index (χ1v) is 11.7. The van der Waals surface area contributed by atoms with Gasteiger partial charge in [-0.25, -0.2) is 0 Å². The Bertz CT molecular complexity index is 1100. The van der Waals surface area contributed by atoms with Crippen LogP contribution in [0.4, 0.5) is 5.82 Å². The van der Waals surface area contributed by atoms with Gasteiger partial charge >= 0.3 is 0 Å². The molecular formula is C25H27ClN2O4. The van der Waals surface area contributed by atoms with E-state index in [9.17, 15) is 9.59 Å². The van der Waals surface area contributed by atoms with Gasteiger partial charge in [0.25, 0.3) is 5.91 Å². The van der Waals surface area contributed by atoms with E-state index in [1.54, 1.807) is 13.0 Å². The minimum absolute atomic E-state index is 0.0391. The number of benzene rings is 1. The quantitative estimate of drug-likeness (QED) is 0.605. The van der Waals surface area contributed by atoms with Crippen LogP contribution >= 0.6 is 11.6 Å². The lowest BCUT2D eigenvalue weighted by Crippen LogP contribution is -2.44. The van der Waals surface area contributed by atoms with E-state index in [4.69, 9.17) is 20.9 Å². The molecule has 2 aliphatic heterocycles. The topological polar surface area (TPSA) is 72.6 Å². The second-order valence-corrected chi connectivity index (χ2v) is 10.1. The highest BCUT2D eigenvalue weighted by molar-refractivity contribution is 6.21. The molecule has 2 aromatic rings. The third kappa shape index (κ3) is 3.27. The van der Waals surface area contributed by atoms with Crippen LogP contribution in [0.3, 0.4) is 0 Å². The van der Waals surface area contributed by atoms with Crippen molar-refractivity contribution in [1.82, 2.24) is 5.16 Å². The standard InChI is InChI=1S/C25H27ClN2O4/c1-12(2)15-5-7-16(8-6-15)22-21-23(29)17-11-18(26)13(3)9-19(17)31-24(21)25(30)28(22)20-10-14(4)32-27-20/h5-8,10,12-13,17-19,22H,9,11H2,1-4H3. The second kappa shape index (κ2) is 7.77. The lowest BCUT2D eigenvalue weighted by atomic mass is 9.74. The molecule has 3 heterocycles. The maximum atomic E-state index is 13.8. The van der Waals surface area contributed by atoms with Gasteiger partial charge < -0.3 is 9.26 Å². The summed E-state index contributed by atoms with van der Waals surface area (Å²) in [6.45, 7) is 8.09. The van der Waals surface area contributed by atoms with E-state index >= 15 is 0 Å². The van der Waals surface area contributed by atoms with Crippen LogP contribution in [0.5, 0.6) is 0 Å². The molecule has 0 bridgehead atoms. The summed E-state index contributed by atoms with van der Waals surface area (Å²) in [5.41, 5.74) is 2.44. The SMILES string of the molecule is Cc1cc(N2C(=O)C3=C(C(=O)C4CC(Cl)C(C)CC4O3)C2c2ccc(C(C)C)cc2)no1. The Balaban J connectivity index is 1.61. The van der Waals surface area contributed by atoms with Crippen LogP contribution in [0.1, 0.15) is 62.5 Å². The molecule has 0 spiro atoms. The van der Waals surface area contributed by atoms with Crippen molar-refractivity contribution in [3.63, 3.8) is 0 Å². The van der Waals surface area contributed by atoms with E-state index < -0.39 is 6.04 Å². The fourth-order valence-corrected chi connectivity index (χ4v) is 5.39. The normalized spacial score (nSPS) is 29.9. The largest absolute Gasteiger partial charge is 0.483 e. The third-order valence-electron chi connectivity index (χ3n) is 6.99. The summed E-state index contributed by atoms with van der Waals surface area (Å²) in [6.07, 6.45) is 0.892. The van der Waals surface area contributed by atoms with Crippen molar-refractivity contribution in [1.29, 1.82) is 0 Å². The number of carbonyl (C=O) groups excluding carboxylic acids is 2. The van der Waals surface area contributed by atoms with Crippen LogP contribution < -0.4 is 4.90 Å². The van der Waals surface area contributed by atoms with E-state index in [-0.39, 0.29) is 40.8 Å². The van der Waals surface area contributed by atoms with Gasteiger partial charge in [-0.2, -0.15) is 0 Å². The maximum Gasteiger partial charge on any atom is 0.295 e. The summed E-state index contributed by atoms with van der Waals surface area (Å²) in [6, 6.07) is 9.16. The summed E-state index contributed by atoms with van der Waals surface area (Å²) in [5.74, 6) is 0.990. The van der Waals surface area contributed by atoms with Gasteiger partial charge in [-0.05, 0) is 42.7 Å². The molecule has 5 unspecified atom stereocenters. The van der Waals surface area contributed by atoms with E-state index in [1.165, 1.54) is 10.5 Å². The zero-order valence-corrected chi connectivity index (χ0v) is 19.4. The Kier molecular flexibility index (Phi) is 5.16. The predicted octanol–water partition coefficient (Wildman–Crippen LogP) is 5.07. The smallest absolute Gasteiger partial charge is 0.295 e. The molecule has 1 saturated carbocycles. The number of fused-ring (bicyclic) bond motifs is 1. The molecule has 32 heavy (non-hydrogen) atoms. The zero-order chi connectivity index (χ0) is 22.7. The number of anilines is 1. The number of amides is 1. The summed E-state index contributed by atoms with van der Waals surface area (Å²) in [4.78, 5) is 28.8. The molecule has 1 amide bonds. The molecule has 0 radical (unpaired) electrons. The molecule has 1 aliphatic carbocycles. The molecule has 1 aromatic heterocycles. The summed E-state index contributed by atoms with van der Waals surface area (Å²) in [7, 11) is 0. The number of rotatable bonds is 3. The number of aryl methyl sites for hydroxylation is 1. The van der Waals surface area contributed by atoms with Gasteiger partial charge in [-0.3, -0.25) is 14.5 Å². The Morgan fingerprint density at radius 3 is 2.50 bits per heavy atom. The molecule has 7 heteroatoms. The van der Waals surface area contributed by atoms with Gasteiger partial charge in [0.05, 0.1) is 17.5 Å². The average Bonchev–Trinajstić information content (AvgIpc) is 3.31. The van der Waals surface area contributed by atoms with Crippen molar-refractivity contribution < 1.29 is 18.8 Å². The van der Waals surface area contributed by atoms with Crippen molar-refractivity contribution in [3.8, 4) is 0 Å². The molecular weight excluding hydrogens is 428 g/mol. The molecule has 168 valence electrons. The van der Waals surface area contributed by atoms with Gasteiger partial charge in [0, 0.05) is 11.4 Å². The molecule has 1 aromatic carbocycles. The fraction of sp³-hybridized carbons (Fsp3) is 0.480. The van der Waals surface area contributed by atoms with Crippen LogP contribution in [-0.4, -0.2) is 28.3 Å². The van der Waals surface area contributed by atoms with Crippen molar-refractivity contribution in [2.24, 2.45) is 11.8 Å². The van der Waals surface area contributed by atoms with Crippen molar-refractivity contribution in [2.45, 2.75) is 64.0 Å². The first kappa shape index (κ1) is 21.3. The first-order chi connectivity index (χ1) is 15.3. The Morgan fingerprint density at radius 1 is 1.16 bits per heavy atom. The molecule has 1 fully saturated rings. The maximum absolute atomic E-state index is 13.8. The fourth-order valence-electron chi connectivity index (χ4n) is 5.10. The molecule has 5 rings (SSSR count). The molecule has 0 N–H and O–H groups in total. The summed E-state index contributed by atoms with van der Waals surface area (Å²) in [5, 5.41) is 4.00. The molecule has 3 aliphatic rings. The number of halogens is 1. The van der Waals surface area contributed by atoms with Gasteiger partial charge in [-0.1, -0.05) is 50.2 Å². The first-order valence-electron chi connectivity index (χ1n) is 11.2. The lowest BCUT2D eigenvalue weighted by molar-refractivity contribution is -0.132. The van der Waals surface area contributed by atoms with Crippen molar-refractivity contribution in [3.05, 3.63) is 58.6 Å². The minimum atomic E-state index is -0.607.